The van der Waals surface area contributed by atoms with Crippen molar-refractivity contribution in [2.45, 2.75) is 12.2 Å². The second-order valence-electron chi connectivity index (χ2n) is 6.24. The van der Waals surface area contributed by atoms with Crippen LogP contribution in [-0.2, 0) is 0 Å². The van der Waals surface area contributed by atoms with Gasteiger partial charge >= 0.3 is 5.63 Å². The highest BCUT2D eigenvalue weighted by Gasteiger charge is 2.34. The van der Waals surface area contributed by atoms with E-state index in [4.69, 9.17) is 23.4 Å². The molecule has 2 atom stereocenters. The fourth-order valence-corrected chi connectivity index (χ4v) is 3.19. The summed E-state index contributed by atoms with van der Waals surface area (Å²) in [7, 11) is 2.84. The normalized spacial score (nSPS) is 18.1. The van der Waals surface area contributed by atoms with Crippen LogP contribution >= 0.6 is 0 Å². The molecule has 0 radical (unpaired) electrons. The minimum Gasteiger partial charge on any atom is -0.502 e. The number of hydrogen-bond donors (Lipinski definition) is 2. The van der Waals surface area contributed by atoms with Gasteiger partial charge in [-0.2, -0.15) is 0 Å². The Kier molecular flexibility index (Phi) is 4.48. The van der Waals surface area contributed by atoms with Gasteiger partial charge in [0.05, 0.1) is 20.8 Å². The van der Waals surface area contributed by atoms with Gasteiger partial charge in [-0.05, 0) is 24.3 Å². The summed E-state index contributed by atoms with van der Waals surface area (Å²) in [6, 6.07) is 9.37. The first kappa shape index (κ1) is 18.0. The smallest absolute Gasteiger partial charge is 0.336 e. The number of aliphatic hydroxyl groups excluding tert-OH is 1. The highest BCUT2D eigenvalue weighted by molar-refractivity contribution is 5.80. The first-order valence-corrected chi connectivity index (χ1v) is 8.51. The summed E-state index contributed by atoms with van der Waals surface area (Å²) < 4.78 is 27.6. The molecule has 28 heavy (non-hydrogen) atoms. The van der Waals surface area contributed by atoms with Gasteiger partial charge in [0.2, 0.25) is 5.75 Å². The zero-order chi connectivity index (χ0) is 19.8. The molecule has 0 spiro atoms. The molecule has 4 rings (SSSR count). The number of hydrogen-bond acceptors (Lipinski definition) is 8. The van der Waals surface area contributed by atoms with Gasteiger partial charge in [-0.15, -0.1) is 0 Å². The van der Waals surface area contributed by atoms with E-state index >= 15 is 0 Å². The Morgan fingerprint density at radius 2 is 1.68 bits per heavy atom. The first-order valence-electron chi connectivity index (χ1n) is 8.51. The summed E-state index contributed by atoms with van der Waals surface area (Å²) in [4.78, 5) is 11.5. The van der Waals surface area contributed by atoms with E-state index in [9.17, 15) is 15.0 Å². The number of aromatic hydroxyl groups is 1. The van der Waals surface area contributed by atoms with Crippen LogP contribution in [0, 0.1) is 0 Å². The molecule has 8 nitrogen and oxygen atoms in total. The van der Waals surface area contributed by atoms with Gasteiger partial charge in [0.1, 0.15) is 5.58 Å². The minimum absolute atomic E-state index is 0.140. The topological polar surface area (TPSA) is 108 Å². The summed E-state index contributed by atoms with van der Waals surface area (Å²) in [6.45, 7) is -0.308. The van der Waals surface area contributed by atoms with E-state index < -0.39 is 17.8 Å². The van der Waals surface area contributed by atoms with E-state index in [1.165, 1.54) is 20.3 Å². The molecule has 0 fully saturated rings. The van der Waals surface area contributed by atoms with Crippen molar-refractivity contribution >= 4 is 11.0 Å². The first-order chi connectivity index (χ1) is 13.5. The quantitative estimate of drug-likeness (QED) is 0.658. The molecule has 0 saturated carbocycles. The molecule has 2 aromatic carbocycles. The summed E-state index contributed by atoms with van der Waals surface area (Å²) >= 11 is 0. The van der Waals surface area contributed by atoms with Crippen molar-refractivity contribution in [1.82, 2.24) is 0 Å². The lowest BCUT2D eigenvalue weighted by Crippen LogP contribution is -2.36. The lowest BCUT2D eigenvalue weighted by molar-refractivity contribution is -0.0123. The van der Waals surface area contributed by atoms with Gasteiger partial charge in [0.15, 0.2) is 35.2 Å². The highest BCUT2D eigenvalue weighted by atomic mass is 16.6. The molecule has 0 saturated heterocycles. The number of ether oxygens (including phenoxy) is 4. The molecule has 1 aliphatic rings. The van der Waals surface area contributed by atoms with Crippen molar-refractivity contribution < 1.29 is 33.6 Å². The number of benzene rings is 2. The third-order valence-electron chi connectivity index (χ3n) is 4.57. The molecule has 146 valence electrons. The molecule has 3 aromatic rings. The summed E-state index contributed by atoms with van der Waals surface area (Å²) in [5.41, 5.74) is 0.463. The Morgan fingerprint density at radius 3 is 2.32 bits per heavy atom. The molecule has 0 amide bonds. The molecule has 1 aliphatic heterocycles. The van der Waals surface area contributed by atoms with Crippen LogP contribution in [0.25, 0.3) is 11.0 Å². The average molecular weight is 386 g/mol. The van der Waals surface area contributed by atoms with Crippen molar-refractivity contribution in [1.29, 1.82) is 0 Å². The molecular formula is C20H18O8. The van der Waals surface area contributed by atoms with Gasteiger partial charge in [-0.3, -0.25) is 0 Å². The molecule has 1 aromatic heterocycles. The molecule has 8 heteroatoms. The molecular weight excluding hydrogens is 368 g/mol. The van der Waals surface area contributed by atoms with Crippen molar-refractivity contribution in [3.63, 3.8) is 0 Å². The third kappa shape index (κ3) is 2.97. The molecule has 2 heterocycles. The Morgan fingerprint density at radius 1 is 1.00 bits per heavy atom. The van der Waals surface area contributed by atoms with Crippen LogP contribution in [0.15, 0.2) is 45.6 Å². The fourth-order valence-electron chi connectivity index (χ4n) is 3.19. The third-order valence-corrected chi connectivity index (χ3v) is 4.57. The van der Waals surface area contributed by atoms with Gasteiger partial charge in [0, 0.05) is 23.1 Å². The van der Waals surface area contributed by atoms with Gasteiger partial charge < -0.3 is 33.6 Å². The Balaban J connectivity index is 1.80. The van der Waals surface area contributed by atoms with Crippen LogP contribution in [0.1, 0.15) is 11.7 Å². The zero-order valence-electron chi connectivity index (χ0n) is 15.2. The number of aliphatic hydroxyl groups is 1. The minimum atomic E-state index is -0.714. The van der Waals surface area contributed by atoms with Crippen LogP contribution < -0.4 is 24.6 Å². The maximum Gasteiger partial charge on any atom is 0.336 e. The van der Waals surface area contributed by atoms with Crippen molar-refractivity contribution in [2.75, 3.05) is 20.8 Å². The van der Waals surface area contributed by atoms with Crippen molar-refractivity contribution in [2.24, 2.45) is 0 Å². The molecule has 0 bridgehead atoms. The molecule has 0 aliphatic carbocycles. The highest BCUT2D eigenvalue weighted by Crippen LogP contribution is 2.45. The second kappa shape index (κ2) is 6.97. The van der Waals surface area contributed by atoms with E-state index in [0.29, 0.717) is 28.0 Å². The number of phenols is 1. The number of methoxy groups -OCH3 is 2. The van der Waals surface area contributed by atoms with Gasteiger partial charge in [0.25, 0.3) is 0 Å². The van der Waals surface area contributed by atoms with E-state index in [0.717, 1.165) is 0 Å². The maximum atomic E-state index is 11.5. The zero-order valence-corrected chi connectivity index (χ0v) is 15.2. The number of fused-ring (bicyclic) bond motifs is 2. The second-order valence-corrected chi connectivity index (χ2v) is 6.24. The maximum absolute atomic E-state index is 11.5. The number of rotatable bonds is 4. The lowest BCUT2D eigenvalue weighted by atomic mass is 10.0. The van der Waals surface area contributed by atoms with Gasteiger partial charge in [-0.1, -0.05) is 0 Å². The molecule has 2 N–H and O–H groups in total. The Hall–Kier alpha value is -3.39. The van der Waals surface area contributed by atoms with E-state index in [1.54, 1.807) is 30.3 Å². The van der Waals surface area contributed by atoms with E-state index in [2.05, 4.69) is 0 Å². The van der Waals surface area contributed by atoms with E-state index in [-0.39, 0.29) is 23.9 Å². The number of phenolic OH excluding ortho intramolecular Hbond substituents is 1. The molecule has 0 unspecified atom stereocenters. The van der Waals surface area contributed by atoms with Crippen LogP contribution in [0.4, 0.5) is 0 Å². The average Bonchev–Trinajstić information content (AvgIpc) is 2.71. The van der Waals surface area contributed by atoms with Crippen LogP contribution in [0.3, 0.4) is 0 Å². The Bertz CT molecular complexity index is 1060. The standard InChI is InChI=1S/C20H18O8/c1-24-15-6-11(7-16(25-2)19(15)23)20-17(9-21)26-13-5-10-3-4-18(22)27-12(10)8-14(13)28-20/h3-8,17,20-21,23H,9H2,1-2H3/t17-,20+/m0/s1. The lowest BCUT2D eigenvalue weighted by Gasteiger charge is -2.33. The van der Waals surface area contributed by atoms with Crippen molar-refractivity contribution in [3.05, 3.63) is 52.4 Å². The van der Waals surface area contributed by atoms with Crippen molar-refractivity contribution in [3.8, 4) is 28.7 Å². The largest absolute Gasteiger partial charge is 0.502 e. The fraction of sp³-hybridized carbons (Fsp3) is 0.250. The summed E-state index contributed by atoms with van der Waals surface area (Å²) in [5.74, 6) is 1.05. The van der Waals surface area contributed by atoms with Crippen LogP contribution in [0.5, 0.6) is 28.7 Å². The van der Waals surface area contributed by atoms with Crippen LogP contribution in [0.2, 0.25) is 0 Å². The SMILES string of the molecule is COc1cc([C@H]2Oc3cc4oc(=O)ccc4cc3O[C@H]2CO)cc(OC)c1O. The van der Waals surface area contributed by atoms with Crippen LogP contribution in [-0.4, -0.2) is 37.1 Å². The Labute approximate surface area is 159 Å². The summed E-state index contributed by atoms with van der Waals surface area (Å²) in [5, 5.41) is 20.6. The monoisotopic (exact) mass is 386 g/mol. The predicted octanol–water partition coefficient (Wildman–Crippen LogP) is 2.39. The summed E-state index contributed by atoms with van der Waals surface area (Å²) in [6.07, 6.45) is -1.42. The van der Waals surface area contributed by atoms with E-state index in [1.807, 2.05) is 0 Å². The predicted molar refractivity (Wildman–Crippen MR) is 98.6 cm³/mol. The van der Waals surface area contributed by atoms with Gasteiger partial charge in [-0.25, -0.2) is 4.79 Å².